The summed E-state index contributed by atoms with van der Waals surface area (Å²) in [6.45, 7) is 3.13. The van der Waals surface area contributed by atoms with Gasteiger partial charge in [0.15, 0.2) is 0 Å². The van der Waals surface area contributed by atoms with Crippen LogP contribution in [0.5, 0.6) is 0 Å². The minimum absolute atomic E-state index is 0.172. The molecule has 122 valence electrons. The third kappa shape index (κ3) is 2.97. The Hall–Kier alpha value is -2.47. The zero-order valence-corrected chi connectivity index (χ0v) is 14.1. The SMILES string of the molecule is O=C(Cc1cccnc1)N1CCN(c2nsc3ccccc23)CC1. The summed E-state index contributed by atoms with van der Waals surface area (Å²) in [4.78, 5) is 20.7. The van der Waals surface area contributed by atoms with E-state index in [9.17, 15) is 4.79 Å². The molecule has 5 nitrogen and oxygen atoms in total. The van der Waals surface area contributed by atoms with Crippen molar-refractivity contribution in [2.24, 2.45) is 0 Å². The van der Waals surface area contributed by atoms with Gasteiger partial charge in [0.05, 0.1) is 11.1 Å². The lowest BCUT2D eigenvalue weighted by Crippen LogP contribution is -2.49. The van der Waals surface area contributed by atoms with E-state index in [2.05, 4.69) is 26.4 Å². The molecule has 1 aliphatic rings. The summed E-state index contributed by atoms with van der Waals surface area (Å²) in [5.41, 5.74) is 0.968. The van der Waals surface area contributed by atoms with Gasteiger partial charge in [-0.3, -0.25) is 9.78 Å². The van der Waals surface area contributed by atoms with Crippen molar-refractivity contribution in [2.45, 2.75) is 6.42 Å². The quantitative estimate of drug-likeness (QED) is 0.736. The van der Waals surface area contributed by atoms with E-state index in [0.29, 0.717) is 6.42 Å². The molecule has 2 aromatic heterocycles. The first kappa shape index (κ1) is 15.1. The van der Waals surface area contributed by atoms with Crippen molar-refractivity contribution in [3.63, 3.8) is 0 Å². The smallest absolute Gasteiger partial charge is 0.227 e. The van der Waals surface area contributed by atoms with Crippen LogP contribution in [-0.4, -0.2) is 46.3 Å². The third-order valence-electron chi connectivity index (χ3n) is 4.37. The number of benzene rings is 1. The van der Waals surface area contributed by atoms with Crippen LogP contribution in [0.2, 0.25) is 0 Å². The molecular formula is C18H18N4OS. The van der Waals surface area contributed by atoms with E-state index in [-0.39, 0.29) is 5.91 Å². The first-order chi connectivity index (χ1) is 11.8. The maximum absolute atomic E-state index is 12.4. The Labute approximate surface area is 144 Å². The van der Waals surface area contributed by atoms with E-state index in [1.807, 2.05) is 29.2 Å². The van der Waals surface area contributed by atoms with Crippen LogP contribution in [0.25, 0.3) is 10.1 Å². The number of fused-ring (bicyclic) bond motifs is 1. The fraction of sp³-hybridized carbons (Fsp3) is 0.278. The standard InChI is InChI=1S/C18H18N4OS/c23-17(12-14-4-3-7-19-13-14)21-8-10-22(11-9-21)18-15-5-1-2-6-16(15)24-20-18/h1-7,13H,8-12H2. The number of carbonyl (C=O) groups excluding carboxylic acids is 1. The normalized spacial score (nSPS) is 15.0. The fourth-order valence-corrected chi connectivity index (χ4v) is 3.85. The molecule has 0 unspecified atom stereocenters. The zero-order chi connectivity index (χ0) is 16.4. The van der Waals surface area contributed by atoms with Crippen molar-refractivity contribution in [1.29, 1.82) is 0 Å². The highest BCUT2D eigenvalue weighted by Gasteiger charge is 2.23. The van der Waals surface area contributed by atoms with Gasteiger partial charge >= 0.3 is 0 Å². The minimum atomic E-state index is 0.172. The molecule has 6 heteroatoms. The van der Waals surface area contributed by atoms with Gasteiger partial charge in [-0.25, -0.2) is 0 Å². The van der Waals surface area contributed by atoms with E-state index >= 15 is 0 Å². The molecule has 1 aliphatic heterocycles. The Morgan fingerprint density at radius 3 is 2.71 bits per heavy atom. The van der Waals surface area contributed by atoms with Crippen molar-refractivity contribution in [3.05, 3.63) is 54.4 Å². The number of hydrogen-bond acceptors (Lipinski definition) is 5. The van der Waals surface area contributed by atoms with Crippen molar-refractivity contribution in [2.75, 3.05) is 31.1 Å². The number of carbonyl (C=O) groups is 1. The highest BCUT2D eigenvalue weighted by atomic mass is 32.1. The molecule has 1 fully saturated rings. The van der Waals surface area contributed by atoms with Gasteiger partial charge in [-0.2, -0.15) is 4.37 Å². The van der Waals surface area contributed by atoms with Gasteiger partial charge in [0, 0.05) is 44.0 Å². The largest absolute Gasteiger partial charge is 0.352 e. The number of hydrogen-bond donors (Lipinski definition) is 0. The lowest BCUT2D eigenvalue weighted by molar-refractivity contribution is -0.130. The van der Waals surface area contributed by atoms with Gasteiger partial charge in [0.25, 0.3) is 0 Å². The molecule has 1 amide bonds. The van der Waals surface area contributed by atoms with E-state index < -0.39 is 0 Å². The number of pyridine rings is 1. The summed E-state index contributed by atoms with van der Waals surface area (Å²) in [5, 5.41) is 1.21. The van der Waals surface area contributed by atoms with E-state index in [4.69, 9.17) is 0 Å². The van der Waals surface area contributed by atoms with Crippen molar-refractivity contribution < 1.29 is 4.79 Å². The second-order valence-electron chi connectivity index (χ2n) is 5.91. The van der Waals surface area contributed by atoms with Crippen LogP contribution in [0.15, 0.2) is 48.8 Å². The highest BCUT2D eigenvalue weighted by molar-refractivity contribution is 7.13. The number of nitrogens with zero attached hydrogens (tertiary/aromatic N) is 4. The van der Waals surface area contributed by atoms with Gasteiger partial charge in [-0.1, -0.05) is 18.2 Å². The third-order valence-corrected chi connectivity index (χ3v) is 5.19. The second kappa shape index (κ2) is 6.57. The van der Waals surface area contributed by atoms with Crippen LogP contribution in [0.3, 0.4) is 0 Å². The number of amides is 1. The monoisotopic (exact) mass is 338 g/mol. The van der Waals surface area contributed by atoms with Gasteiger partial charge < -0.3 is 9.80 Å². The summed E-state index contributed by atoms with van der Waals surface area (Å²) < 4.78 is 5.82. The van der Waals surface area contributed by atoms with Crippen molar-refractivity contribution >= 4 is 33.3 Å². The maximum Gasteiger partial charge on any atom is 0.227 e. The Morgan fingerprint density at radius 2 is 1.92 bits per heavy atom. The number of anilines is 1. The number of piperazine rings is 1. The predicted molar refractivity (Wildman–Crippen MR) is 96.4 cm³/mol. The lowest BCUT2D eigenvalue weighted by atomic mass is 10.2. The van der Waals surface area contributed by atoms with Crippen LogP contribution in [0.1, 0.15) is 5.56 Å². The second-order valence-corrected chi connectivity index (χ2v) is 6.71. The average molecular weight is 338 g/mol. The topological polar surface area (TPSA) is 49.3 Å². The summed E-state index contributed by atoms with van der Waals surface area (Å²) in [7, 11) is 0. The molecule has 0 atom stereocenters. The Morgan fingerprint density at radius 1 is 1.08 bits per heavy atom. The maximum atomic E-state index is 12.4. The molecule has 0 saturated carbocycles. The van der Waals surface area contributed by atoms with Gasteiger partial charge in [-0.05, 0) is 35.3 Å². The molecule has 0 spiro atoms. The van der Waals surface area contributed by atoms with E-state index in [1.165, 1.54) is 21.6 Å². The lowest BCUT2D eigenvalue weighted by Gasteiger charge is -2.35. The molecule has 3 aromatic rings. The number of aromatic nitrogens is 2. The van der Waals surface area contributed by atoms with Gasteiger partial charge in [-0.15, -0.1) is 0 Å². The Balaban J connectivity index is 1.41. The average Bonchev–Trinajstić information content (AvgIpc) is 3.07. The minimum Gasteiger partial charge on any atom is -0.352 e. The molecule has 1 aromatic carbocycles. The Kier molecular flexibility index (Phi) is 4.13. The summed E-state index contributed by atoms with van der Waals surface area (Å²) in [6, 6.07) is 12.1. The molecule has 0 bridgehead atoms. The van der Waals surface area contributed by atoms with Crippen molar-refractivity contribution in [1.82, 2.24) is 14.3 Å². The highest BCUT2D eigenvalue weighted by Crippen LogP contribution is 2.29. The van der Waals surface area contributed by atoms with Crippen LogP contribution in [-0.2, 0) is 11.2 Å². The summed E-state index contributed by atoms with van der Waals surface area (Å²) in [5.74, 6) is 1.22. The molecule has 0 radical (unpaired) electrons. The summed E-state index contributed by atoms with van der Waals surface area (Å²) in [6.07, 6.45) is 3.91. The molecule has 0 aliphatic carbocycles. The van der Waals surface area contributed by atoms with Crippen molar-refractivity contribution in [3.8, 4) is 0 Å². The first-order valence-corrected chi connectivity index (χ1v) is 8.84. The molecular weight excluding hydrogens is 320 g/mol. The molecule has 3 heterocycles. The molecule has 24 heavy (non-hydrogen) atoms. The van der Waals surface area contributed by atoms with Crippen LogP contribution >= 0.6 is 11.5 Å². The summed E-state index contributed by atoms with van der Waals surface area (Å²) >= 11 is 1.54. The predicted octanol–water partition coefficient (Wildman–Crippen LogP) is 2.58. The van der Waals surface area contributed by atoms with E-state index in [1.54, 1.807) is 12.4 Å². The van der Waals surface area contributed by atoms with Gasteiger partial charge in [0.2, 0.25) is 5.91 Å². The molecule has 1 saturated heterocycles. The first-order valence-electron chi connectivity index (χ1n) is 8.07. The molecule has 4 rings (SSSR count). The molecule has 0 N–H and O–H groups in total. The van der Waals surface area contributed by atoms with Gasteiger partial charge in [0.1, 0.15) is 5.82 Å². The fourth-order valence-electron chi connectivity index (χ4n) is 3.06. The van der Waals surface area contributed by atoms with Crippen LogP contribution < -0.4 is 4.90 Å². The zero-order valence-electron chi connectivity index (χ0n) is 13.3. The van der Waals surface area contributed by atoms with E-state index in [0.717, 1.165) is 37.6 Å². The van der Waals surface area contributed by atoms with Crippen LogP contribution in [0.4, 0.5) is 5.82 Å². The Bertz CT molecular complexity index is 840. The van der Waals surface area contributed by atoms with Crippen LogP contribution in [0, 0.1) is 0 Å². The number of rotatable bonds is 3.